The van der Waals surface area contributed by atoms with Crippen molar-refractivity contribution in [1.82, 2.24) is 9.97 Å². The molecule has 3 aromatic rings. The first-order valence-corrected chi connectivity index (χ1v) is 8.33. The van der Waals surface area contributed by atoms with E-state index in [9.17, 15) is 0 Å². The number of nitrogens with zero attached hydrogens (tertiary/aromatic N) is 1. The van der Waals surface area contributed by atoms with E-state index in [2.05, 4.69) is 31.2 Å². The second-order valence-corrected chi connectivity index (χ2v) is 6.58. The number of hydrogen-bond acceptors (Lipinski definition) is 4. The van der Waals surface area contributed by atoms with Gasteiger partial charge in [-0.1, -0.05) is 27.5 Å². The van der Waals surface area contributed by atoms with Crippen LogP contribution in [-0.2, 0) is 6.54 Å². The Kier molecular flexibility index (Phi) is 3.79. The Bertz CT molecular complexity index is 818. The van der Waals surface area contributed by atoms with Crippen molar-refractivity contribution in [1.29, 1.82) is 0 Å². The van der Waals surface area contributed by atoms with Crippen LogP contribution in [0.25, 0.3) is 11.0 Å². The van der Waals surface area contributed by atoms with E-state index in [1.165, 1.54) is 0 Å². The van der Waals surface area contributed by atoms with Crippen LogP contribution in [0, 0.1) is 0 Å². The van der Waals surface area contributed by atoms with Crippen molar-refractivity contribution in [2.45, 2.75) is 6.54 Å². The summed E-state index contributed by atoms with van der Waals surface area (Å²) in [5.41, 5.74) is 2.81. The lowest BCUT2D eigenvalue weighted by atomic mass is 10.2. The summed E-state index contributed by atoms with van der Waals surface area (Å²) < 4.78 is 12.1. The van der Waals surface area contributed by atoms with Gasteiger partial charge < -0.3 is 19.8 Å². The van der Waals surface area contributed by atoms with Gasteiger partial charge in [-0.25, -0.2) is 4.98 Å². The van der Waals surface area contributed by atoms with E-state index in [4.69, 9.17) is 21.1 Å². The summed E-state index contributed by atoms with van der Waals surface area (Å²) in [6, 6.07) is 9.60. The largest absolute Gasteiger partial charge is 0.486 e. The van der Waals surface area contributed by atoms with E-state index in [0.717, 1.165) is 32.6 Å². The van der Waals surface area contributed by atoms with Crippen molar-refractivity contribution >= 4 is 44.5 Å². The van der Waals surface area contributed by atoms with Gasteiger partial charge >= 0.3 is 0 Å². The molecule has 118 valence electrons. The van der Waals surface area contributed by atoms with Gasteiger partial charge in [0.2, 0.25) is 5.95 Å². The van der Waals surface area contributed by atoms with E-state index < -0.39 is 0 Å². The number of benzene rings is 2. The van der Waals surface area contributed by atoms with Gasteiger partial charge in [0.15, 0.2) is 11.5 Å². The lowest BCUT2D eigenvalue weighted by Gasteiger charge is -2.17. The number of H-pyrrole nitrogens is 1. The summed E-state index contributed by atoms with van der Waals surface area (Å²) in [7, 11) is 0. The Morgan fingerprint density at radius 1 is 1.13 bits per heavy atom. The molecule has 2 heterocycles. The van der Waals surface area contributed by atoms with Crippen LogP contribution in [0.2, 0.25) is 5.02 Å². The summed E-state index contributed by atoms with van der Waals surface area (Å²) in [6.45, 7) is 1.75. The lowest BCUT2D eigenvalue weighted by molar-refractivity contribution is 0.172. The van der Waals surface area contributed by atoms with Crippen LogP contribution >= 0.6 is 27.5 Å². The highest BCUT2D eigenvalue weighted by molar-refractivity contribution is 9.10. The number of ether oxygens (including phenoxy) is 2. The molecule has 0 saturated heterocycles. The number of aromatic amines is 1. The van der Waals surface area contributed by atoms with Gasteiger partial charge in [-0.2, -0.15) is 0 Å². The maximum Gasteiger partial charge on any atom is 0.201 e. The predicted octanol–water partition coefficient (Wildman–Crippen LogP) is 4.36. The Labute approximate surface area is 146 Å². The topological polar surface area (TPSA) is 59.2 Å². The van der Waals surface area contributed by atoms with Crippen LogP contribution in [0.1, 0.15) is 5.56 Å². The highest BCUT2D eigenvalue weighted by atomic mass is 79.9. The standard InChI is InChI=1S/C16H13BrClN3O2/c17-10-3-9(4-11(18)5-10)8-19-16-20-12-6-14-15(7-13(12)21-16)23-2-1-22-14/h3-7H,1-2,8H2,(H2,19,20,21). The summed E-state index contributed by atoms with van der Waals surface area (Å²) in [5.74, 6) is 2.18. The number of hydrogen-bond donors (Lipinski definition) is 2. The van der Waals surface area contributed by atoms with Crippen LogP contribution < -0.4 is 14.8 Å². The van der Waals surface area contributed by atoms with Gasteiger partial charge in [0.25, 0.3) is 0 Å². The fraction of sp³-hybridized carbons (Fsp3) is 0.188. The molecule has 2 N–H and O–H groups in total. The van der Waals surface area contributed by atoms with Crippen molar-refractivity contribution in [3.05, 3.63) is 45.4 Å². The zero-order chi connectivity index (χ0) is 15.8. The molecule has 0 aliphatic carbocycles. The van der Waals surface area contributed by atoms with E-state index in [1.54, 1.807) is 0 Å². The van der Waals surface area contributed by atoms with E-state index >= 15 is 0 Å². The molecule has 5 nitrogen and oxygen atoms in total. The van der Waals surface area contributed by atoms with Crippen LogP contribution in [0.15, 0.2) is 34.8 Å². The van der Waals surface area contributed by atoms with Crippen molar-refractivity contribution in [3.8, 4) is 11.5 Å². The molecule has 0 bridgehead atoms. The third-order valence-corrected chi connectivity index (χ3v) is 4.20. The van der Waals surface area contributed by atoms with E-state index in [0.29, 0.717) is 30.7 Å². The zero-order valence-corrected chi connectivity index (χ0v) is 14.4. The molecule has 1 aliphatic rings. The molecule has 0 spiro atoms. The number of anilines is 1. The molecule has 0 atom stereocenters. The van der Waals surface area contributed by atoms with Crippen LogP contribution in [0.4, 0.5) is 5.95 Å². The molecule has 0 amide bonds. The SMILES string of the molecule is Clc1cc(Br)cc(CNc2nc3cc4c(cc3[nH]2)OCCO4)c1. The minimum absolute atomic E-state index is 0.567. The smallest absolute Gasteiger partial charge is 0.201 e. The molecule has 0 fully saturated rings. The van der Waals surface area contributed by atoms with Gasteiger partial charge in [-0.05, 0) is 23.8 Å². The highest BCUT2D eigenvalue weighted by Gasteiger charge is 2.14. The Morgan fingerprint density at radius 2 is 1.91 bits per heavy atom. The molecule has 7 heteroatoms. The number of rotatable bonds is 3. The number of halogens is 2. The summed E-state index contributed by atoms with van der Waals surface area (Å²) >= 11 is 9.50. The lowest BCUT2D eigenvalue weighted by Crippen LogP contribution is -2.15. The highest BCUT2D eigenvalue weighted by Crippen LogP contribution is 2.34. The van der Waals surface area contributed by atoms with E-state index in [-0.39, 0.29) is 0 Å². The second kappa shape index (κ2) is 5.94. The van der Waals surface area contributed by atoms with Crippen molar-refractivity contribution in [3.63, 3.8) is 0 Å². The first kappa shape index (κ1) is 14.7. The fourth-order valence-corrected chi connectivity index (χ4v) is 3.46. The first-order chi connectivity index (χ1) is 11.2. The van der Waals surface area contributed by atoms with Crippen molar-refractivity contribution < 1.29 is 9.47 Å². The quantitative estimate of drug-likeness (QED) is 0.693. The van der Waals surface area contributed by atoms with Crippen molar-refractivity contribution in [2.75, 3.05) is 18.5 Å². The second-order valence-electron chi connectivity index (χ2n) is 5.23. The normalized spacial score (nSPS) is 13.3. The molecule has 0 saturated carbocycles. The Morgan fingerprint density at radius 3 is 2.70 bits per heavy atom. The average Bonchev–Trinajstić information content (AvgIpc) is 2.91. The molecular formula is C16H13BrClN3O2. The Balaban J connectivity index is 1.57. The molecular weight excluding hydrogens is 382 g/mol. The molecule has 4 rings (SSSR count). The first-order valence-electron chi connectivity index (χ1n) is 7.15. The fourth-order valence-electron chi connectivity index (χ4n) is 2.53. The molecule has 23 heavy (non-hydrogen) atoms. The number of fused-ring (bicyclic) bond motifs is 2. The van der Waals surface area contributed by atoms with Gasteiger partial charge in [0, 0.05) is 28.2 Å². The number of aromatic nitrogens is 2. The van der Waals surface area contributed by atoms with Gasteiger partial charge in [0.05, 0.1) is 11.0 Å². The zero-order valence-electron chi connectivity index (χ0n) is 12.0. The van der Waals surface area contributed by atoms with Gasteiger partial charge in [0.1, 0.15) is 13.2 Å². The molecule has 0 unspecified atom stereocenters. The summed E-state index contributed by atoms with van der Waals surface area (Å²) in [5, 5.41) is 3.96. The van der Waals surface area contributed by atoms with Gasteiger partial charge in [-0.15, -0.1) is 0 Å². The maximum atomic E-state index is 6.06. The van der Waals surface area contributed by atoms with Crippen LogP contribution in [0.5, 0.6) is 11.5 Å². The predicted molar refractivity (Wildman–Crippen MR) is 93.6 cm³/mol. The molecule has 1 aromatic heterocycles. The van der Waals surface area contributed by atoms with Crippen LogP contribution in [-0.4, -0.2) is 23.2 Å². The average molecular weight is 395 g/mol. The summed E-state index contributed by atoms with van der Waals surface area (Å²) in [4.78, 5) is 7.78. The monoisotopic (exact) mass is 393 g/mol. The van der Waals surface area contributed by atoms with E-state index in [1.807, 2.05) is 30.3 Å². The third kappa shape index (κ3) is 3.09. The maximum absolute atomic E-state index is 6.06. The molecule has 0 radical (unpaired) electrons. The number of nitrogens with one attached hydrogen (secondary N) is 2. The Hall–Kier alpha value is -1.92. The minimum Gasteiger partial charge on any atom is -0.486 e. The summed E-state index contributed by atoms with van der Waals surface area (Å²) in [6.07, 6.45) is 0. The van der Waals surface area contributed by atoms with Gasteiger partial charge in [-0.3, -0.25) is 0 Å². The number of imidazole rings is 1. The molecule has 2 aromatic carbocycles. The minimum atomic E-state index is 0.567. The third-order valence-electron chi connectivity index (χ3n) is 3.53. The van der Waals surface area contributed by atoms with Crippen molar-refractivity contribution in [2.24, 2.45) is 0 Å². The molecule has 1 aliphatic heterocycles. The van der Waals surface area contributed by atoms with Crippen LogP contribution in [0.3, 0.4) is 0 Å².